The maximum Gasteiger partial charge on any atom is 0.0440 e. The van der Waals surface area contributed by atoms with Crippen LogP contribution in [0.5, 0.6) is 0 Å². The lowest BCUT2D eigenvalue weighted by Crippen LogP contribution is -2.27. The number of hydrogen-bond acceptors (Lipinski definition) is 1. The van der Waals surface area contributed by atoms with Gasteiger partial charge in [0.15, 0.2) is 0 Å². The summed E-state index contributed by atoms with van der Waals surface area (Å²) in [5, 5.41) is 3.41. The van der Waals surface area contributed by atoms with Gasteiger partial charge < -0.3 is 4.90 Å². The fraction of sp³-hybridized carbons (Fsp3) is 0.520. The summed E-state index contributed by atoms with van der Waals surface area (Å²) < 4.78 is 0. The van der Waals surface area contributed by atoms with Gasteiger partial charge in [0.2, 0.25) is 0 Å². The number of hydrogen-bond donors (Lipinski definition) is 0. The predicted octanol–water partition coefficient (Wildman–Crippen LogP) is 14.3. The van der Waals surface area contributed by atoms with Crippen LogP contribution in [-0.4, -0.2) is 36.7 Å². The highest BCUT2D eigenvalue weighted by Gasteiger charge is 2.35. The summed E-state index contributed by atoms with van der Waals surface area (Å²) in [4.78, 5) is 2.27. The van der Waals surface area contributed by atoms with E-state index in [2.05, 4.69) is 122 Å². The van der Waals surface area contributed by atoms with Gasteiger partial charge in [-0.1, -0.05) is 190 Å². The molecule has 4 aliphatic carbocycles. The third-order valence-electron chi connectivity index (χ3n) is 13.0. The SMILES string of the molecule is CN(C)c1ccccc1-c1ccccc1P(C1CCCCC1)C1CCCCC1.c1ccc(-c2ccccc2P(C2CCCCC2)C2CCCCC2)cc1. The molecular weight excluding hydrogens is 677 g/mol. The number of anilines is 1. The topological polar surface area (TPSA) is 3.24 Å². The Balaban J connectivity index is 0.000000165. The zero-order chi connectivity index (χ0) is 36.2. The van der Waals surface area contributed by atoms with E-state index in [1.165, 1.54) is 156 Å². The molecule has 0 aromatic heterocycles. The van der Waals surface area contributed by atoms with E-state index >= 15 is 0 Å². The monoisotopic (exact) mass is 743 g/mol. The first-order valence-corrected chi connectivity index (χ1v) is 24.7. The summed E-state index contributed by atoms with van der Waals surface area (Å²) in [6.07, 6.45) is 29.3. The number of para-hydroxylation sites is 1. The average Bonchev–Trinajstić information content (AvgIpc) is 3.24. The Morgan fingerprint density at radius 2 is 0.698 bits per heavy atom. The molecule has 0 spiro atoms. The van der Waals surface area contributed by atoms with E-state index in [0.717, 1.165) is 22.6 Å². The molecule has 53 heavy (non-hydrogen) atoms. The van der Waals surface area contributed by atoms with E-state index in [9.17, 15) is 0 Å². The lowest BCUT2D eigenvalue weighted by atomic mass is 9.99. The van der Waals surface area contributed by atoms with Crippen LogP contribution in [0.3, 0.4) is 0 Å². The molecule has 4 fully saturated rings. The van der Waals surface area contributed by atoms with Crippen molar-refractivity contribution in [3.05, 3.63) is 103 Å². The molecule has 1 nitrogen and oxygen atoms in total. The molecule has 8 rings (SSSR count). The molecule has 0 saturated heterocycles. The molecule has 4 aromatic carbocycles. The van der Waals surface area contributed by atoms with Crippen molar-refractivity contribution in [3.8, 4) is 22.3 Å². The molecule has 0 atom stereocenters. The van der Waals surface area contributed by atoms with Gasteiger partial charge in [-0.25, -0.2) is 0 Å². The largest absolute Gasteiger partial charge is 0.377 e. The molecule has 282 valence electrons. The van der Waals surface area contributed by atoms with Crippen LogP contribution in [-0.2, 0) is 0 Å². The maximum atomic E-state index is 2.50. The smallest absolute Gasteiger partial charge is 0.0440 e. The second kappa shape index (κ2) is 19.9. The van der Waals surface area contributed by atoms with E-state index < -0.39 is 0 Å². The van der Waals surface area contributed by atoms with Crippen LogP contribution >= 0.6 is 15.8 Å². The van der Waals surface area contributed by atoms with Crippen molar-refractivity contribution in [1.29, 1.82) is 0 Å². The van der Waals surface area contributed by atoms with Crippen LogP contribution in [0.25, 0.3) is 22.3 Å². The van der Waals surface area contributed by atoms with Crippen LogP contribution in [0.4, 0.5) is 5.69 Å². The van der Waals surface area contributed by atoms with Gasteiger partial charge in [-0.05, 0) is 107 Å². The minimum Gasteiger partial charge on any atom is -0.377 e. The lowest BCUT2D eigenvalue weighted by molar-refractivity contribution is 0.487. The van der Waals surface area contributed by atoms with E-state index in [-0.39, 0.29) is 15.8 Å². The Labute approximate surface area is 326 Å². The van der Waals surface area contributed by atoms with Gasteiger partial charge in [0.1, 0.15) is 0 Å². The standard InChI is InChI=1S/C26H36NP.C24H31P/c1-27(2)25-19-11-9-17-23(25)24-18-10-12-20-26(24)28(21-13-5-3-6-14-21)22-15-7-4-8-16-22;1-4-12-20(13-5-1)23-18-10-11-19-24(23)25(21-14-6-2-7-15-21)22-16-8-3-9-17-22/h9-12,17-22H,3-8,13-16H2,1-2H3;1,4-5,10-13,18-19,21-22H,2-3,6-9,14-17H2. The van der Waals surface area contributed by atoms with Crippen molar-refractivity contribution < 1.29 is 0 Å². The van der Waals surface area contributed by atoms with E-state index in [4.69, 9.17) is 0 Å². The third-order valence-corrected chi connectivity index (χ3v) is 20.1. The molecule has 0 aliphatic heterocycles. The van der Waals surface area contributed by atoms with Crippen LogP contribution < -0.4 is 15.5 Å². The average molecular weight is 744 g/mol. The van der Waals surface area contributed by atoms with Gasteiger partial charge in [0.25, 0.3) is 0 Å². The summed E-state index contributed by atoms with van der Waals surface area (Å²) in [5.74, 6) is 0. The Hall–Kier alpha value is -2.46. The summed E-state index contributed by atoms with van der Waals surface area (Å²) in [6.45, 7) is 0. The zero-order valence-electron chi connectivity index (χ0n) is 33.1. The second-order valence-corrected chi connectivity index (χ2v) is 22.3. The van der Waals surface area contributed by atoms with Gasteiger partial charge in [-0.15, -0.1) is 0 Å². The van der Waals surface area contributed by atoms with Crippen LogP contribution in [0.2, 0.25) is 0 Å². The minimum atomic E-state index is -0.0867. The van der Waals surface area contributed by atoms with Gasteiger partial charge in [-0.3, -0.25) is 0 Å². The van der Waals surface area contributed by atoms with Crippen LogP contribution in [0.15, 0.2) is 103 Å². The van der Waals surface area contributed by atoms with Crippen molar-refractivity contribution >= 4 is 32.1 Å². The molecule has 0 bridgehead atoms. The highest BCUT2D eigenvalue weighted by atomic mass is 31.1. The van der Waals surface area contributed by atoms with Crippen LogP contribution in [0, 0.1) is 0 Å². The predicted molar refractivity (Wildman–Crippen MR) is 239 cm³/mol. The fourth-order valence-electron chi connectivity index (χ4n) is 10.4. The zero-order valence-corrected chi connectivity index (χ0v) is 34.9. The Kier molecular flexibility index (Phi) is 14.6. The van der Waals surface area contributed by atoms with E-state index in [1.54, 1.807) is 10.6 Å². The first-order valence-electron chi connectivity index (χ1n) is 21.8. The molecule has 4 aromatic rings. The van der Waals surface area contributed by atoms with Gasteiger partial charge in [0.05, 0.1) is 0 Å². The van der Waals surface area contributed by atoms with Crippen molar-refractivity contribution in [2.24, 2.45) is 0 Å². The molecule has 0 N–H and O–H groups in total. The lowest BCUT2D eigenvalue weighted by Gasteiger charge is -2.39. The molecule has 4 aliphatic rings. The quantitative estimate of drug-likeness (QED) is 0.154. The molecule has 3 heteroatoms. The highest BCUT2D eigenvalue weighted by Crippen LogP contribution is 2.57. The Morgan fingerprint density at radius 3 is 1.13 bits per heavy atom. The minimum absolute atomic E-state index is 0.0365. The van der Waals surface area contributed by atoms with Gasteiger partial charge in [0, 0.05) is 25.3 Å². The molecule has 0 heterocycles. The van der Waals surface area contributed by atoms with Gasteiger partial charge in [-0.2, -0.15) is 0 Å². The summed E-state index contributed by atoms with van der Waals surface area (Å²) >= 11 is 0. The summed E-state index contributed by atoms with van der Waals surface area (Å²) in [5.41, 5.74) is 11.0. The Bertz CT molecular complexity index is 1620. The molecule has 0 radical (unpaired) electrons. The summed E-state index contributed by atoms with van der Waals surface area (Å²) in [6, 6.07) is 39.0. The van der Waals surface area contributed by atoms with E-state index in [1.807, 2.05) is 0 Å². The first-order chi connectivity index (χ1) is 26.2. The first kappa shape index (κ1) is 38.8. The fourth-order valence-corrected chi connectivity index (χ4v) is 18.3. The summed E-state index contributed by atoms with van der Waals surface area (Å²) in [7, 11) is 4.22. The van der Waals surface area contributed by atoms with Gasteiger partial charge >= 0.3 is 0 Å². The second-order valence-electron chi connectivity index (χ2n) is 16.8. The highest BCUT2D eigenvalue weighted by molar-refractivity contribution is 7.67. The number of rotatable bonds is 9. The Morgan fingerprint density at radius 1 is 0.358 bits per heavy atom. The van der Waals surface area contributed by atoms with E-state index in [0.29, 0.717) is 0 Å². The third kappa shape index (κ3) is 9.86. The number of benzene rings is 4. The molecule has 0 unspecified atom stereocenters. The number of nitrogens with zero attached hydrogens (tertiary/aromatic N) is 1. The van der Waals surface area contributed by atoms with Crippen molar-refractivity contribution in [2.45, 2.75) is 151 Å². The van der Waals surface area contributed by atoms with Crippen molar-refractivity contribution in [3.63, 3.8) is 0 Å². The molecule has 4 saturated carbocycles. The van der Waals surface area contributed by atoms with Crippen molar-refractivity contribution in [1.82, 2.24) is 0 Å². The van der Waals surface area contributed by atoms with Crippen molar-refractivity contribution in [2.75, 3.05) is 19.0 Å². The molecular formula is C50H67NP2. The molecule has 0 amide bonds. The normalized spacial score (nSPS) is 19.5. The maximum absolute atomic E-state index is 2.50. The van der Waals surface area contributed by atoms with Crippen LogP contribution in [0.1, 0.15) is 128 Å².